The number of carbonyl (C=O) groups excluding carboxylic acids is 1. The first-order valence-electron chi connectivity index (χ1n) is 10.1. The minimum absolute atomic E-state index is 0.0310. The van der Waals surface area contributed by atoms with Gasteiger partial charge in [0.1, 0.15) is 12.7 Å². The fourth-order valence-electron chi connectivity index (χ4n) is 3.91. The summed E-state index contributed by atoms with van der Waals surface area (Å²) in [5.74, 6) is -0.695. The average Bonchev–Trinajstić information content (AvgIpc) is 3.11. The Morgan fingerprint density at radius 2 is 1.68 bits per heavy atom. The Bertz CT molecular complexity index is 1010. The number of nitrogens with one attached hydrogen (secondary N) is 1. The number of aliphatic hydroxyl groups is 2. The smallest absolute Gasteiger partial charge is 0.407 e. The summed E-state index contributed by atoms with van der Waals surface area (Å²) in [7, 11) is 0. The normalized spacial score (nSPS) is 14.4. The van der Waals surface area contributed by atoms with Gasteiger partial charge < -0.3 is 20.3 Å². The van der Waals surface area contributed by atoms with E-state index < -0.39 is 24.2 Å². The van der Waals surface area contributed by atoms with E-state index in [1.807, 2.05) is 36.4 Å². The number of aromatic nitrogens is 1. The van der Waals surface area contributed by atoms with E-state index in [-0.39, 0.29) is 25.5 Å². The molecule has 1 aliphatic carbocycles. The van der Waals surface area contributed by atoms with Crippen molar-refractivity contribution in [1.82, 2.24) is 10.3 Å². The number of pyridine rings is 1. The number of ether oxygens (including phenoxy) is 1. The van der Waals surface area contributed by atoms with Gasteiger partial charge in [-0.05, 0) is 34.7 Å². The molecule has 1 heterocycles. The van der Waals surface area contributed by atoms with E-state index in [9.17, 15) is 19.4 Å². The van der Waals surface area contributed by atoms with Gasteiger partial charge in [-0.15, -0.1) is 0 Å². The van der Waals surface area contributed by atoms with Crippen LogP contribution in [-0.4, -0.2) is 40.5 Å². The predicted molar refractivity (Wildman–Crippen MR) is 113 cm³/mol. The molecule has 0 saturated heterocycles. The minimum atomic E-state index is -1.22. The van der Waals surface area contributed by atoms with E-state index in [2.05, 4.69) is 22.4 Å². The van der Waals surface area contributed by atoms with Gasteiger partial charge in [0.2, 0.25) is 5.95 Å². The number of nitrogens with zero attached hydrogens (tertiary/aromatic N) is 1. The number of benzene rings is 2. The number of rotatable bonds is 7. The molecule has 7 heteroatoms. The third-order valence-electron chi connectivity index (χ3n) is 5.51. The lowest BCUT2D eigenvalue weighted by Gasteiger charge is -2.18. The third kappa shape index (κ3) is 4.57. The van der Waals surface area contributed by atoms with Gasteiger partial charge in [0, 0.05) is 24.2 Å². The summed E-state index contributed by atoms with van der Waals surface area (Å²) in [5.41, 5.74) is 4.86. The van der Waals surface area contributed by atoms with Crippen LogP contribution in [0.25, 0.3) is 11.1 Å². The SMILES string of the molecule is O=C(NCCC(O)C(O)c1ccc(F)nc1)OCC1c2ccccc2-c2ccccc21. The Morgan fingerprint density at radius 1 is 1.03 bits per heavy atom. The molecule has 0 saturated carbocycles. The summed E-state index contributed by atoms with van der Waals surface area (Å²) in [6, 6.07) is 18.6. The zero-order valence-corrected chi connectivity index (χ0v) is 16.7. The van der Waals surface area contributed by atoms with E-state index in [4.69, 9.17) is 4.74 Å². The van der Waals surface area contributed by atoms with Crippen LogP contribution < -0.4 is 5.32 Å². The van der Waals surface area contributed by atoms with Gasteiger partial charge in [0.15, 0.2) is 0 Å². The van der Waals surface area contributed by atoms with Crippen LogP contribution in [0.5, 0.6) is 0 Å². The molecule has 0 fully saturated rings. The number of carbonyl (C=O) groups is 1. The number of hydrogen-bond donors (Lipinski definition) is 3. The highest BCUT2D eigenvalue weighted by Crippen LogP contribution is 2.44. The number of alkyl carbamates (subject to hydrolysis) is 1. The quantitative estimate of drug-likeness (QED) is 0.507. The molecule has 2 atom stereocenters. The summed E-state index contributed by atoms with van der Waals surface area (Å²) < 4.78 is 18.3. The van der Waals surface area contributed by atoms with Crippen molar-refractivity contribution < 1.29 is 24.1 Å². The molecule has 4 rings (SSSR count). The van der Waals surface area contributed by atoms with Crippen molar-refractivity contribution in [2.45, 2.75) is 24.5 Å². The first-order valence-corrected chi connectivity index (χ1v) is 10.1. The standard InChI is InChI=1S/C24H23FN2O4/c25-22-10-9-15(13-27-22)23(29)21(28)11-12-26-24(30)31-14-20-18-7-3-1-5-16(18)17-6-2-4-8-19(17)20/h1-10,13,20-21,23,28-29H,11-12,14H2,(H,26,30). The van der Waals surface area contributed by atoms with Gasteiger partial charge in [-0.25, -0.2) is 9.78 Å². The maximum Gasteiger partial charge on any atom is 0.407 e. The van der Waals surface area contributed by atoms with Gasteiger partial charge in [0.05, 0.1) is 6.10 Å². The Morgan fingerprint density at radius 3 is 2.29 bits per heavy atom. The molecular weight excluding hydrogens is 399 g/mol. The monoisotopic (exact) mass is 422 g/mol. The van der Waals surface area contributed by atoms with Crippen molar-refractivity contribution in [1.29, 1.82) is 0 Å². The second kappa shape index (κ2) is 9.24. The Hall–Kier alpha value is -3.29. The topological polar surface area (TPSA) is 91.7 Å². The Labute approximate surface area is 179 Å². The van der Waals surface area contributed by atoms with Crippen molar-refractivity contribution in [3.8, 4) is 11.1 Å². The highest BCUT2D eigenvalue weighted by atomic mass is 19.1. The Balaban J connectivity index is 1.28. The second-order valence-electron chi connectivity index (χ2n) is 7.47. The third-order valence-corrected chi connectivity index (χ3v) is 5.51. The lowest BCUT2D eigenvalue weighted by atomic mass is 9.98. The van der Waals surface area contributed by atoms with Crippen molar-refractivity contribution >= 4 is 6.09 Å². The highest BCUT2D eigenvalue weighted by molar-refractivity contribution is 5.79. The average molecular weight is 422 g/mol. The van der Waals surface area contributed by atoms with E-state index in [1.54, 1.807) is 0 Å². The van der Waals surface area contributed by atoms with Crippen molar-refractivity contribution in [2.24, 2.45) is 0 Å². The van der Waals surface area contributed by atoms with E-state index in [0.717, 1.165) is 28.3 Å². The predicted octanol–water partition coefficient (Wildman–Crippen LogP) is 3.54. The first-order chi connectivity index (χ1) is 15.0. The fourth-order valence-corrected chi connectivity index (χ4v) is 3.91. The fraction of sp³-hybridized carbons (Fsp3) is 0.250. The summed E-state index contributed by atoms with van der Waals surface area (Å²) in [6.07, 6.45) is -1.68. The number of amides is 1. The summed E-state index contributed by atoms with van der Waals surface area (Å²) in [4.78, 5) is 15.6. The van der Waals surface area contributed by atoms with Crippen molar-refractivity contribution in [3.05, 3.63) is 89.5 Å². The van der Waals surface area contributed by atoms with Crippen molar-refractivity contribution in [2.75, 3.05) is 13.2 Å². The summed E-state index contributed by atoms with van der Waals surface area (Å²) >= 11 is 0. The zero-order chi connectivity index (χ0) is 21.8. The van der Waals surface area contributed by atoms with Gasteiger partial charge in [0.25, 0.3) is 0 Å². The minimum Gasteiger partial charge on any atom is -0.449 e. The lowest BCUT2D eigenvalue weighted by molar-refractivity contribution is 0.0134. The van der Waals surface area contributed by atoms with Crippen LogP contribution in [0.2, 0.25) is 0 Å². The molecule has 0 aliphatic heterocycles. The van der Waals surface area contributed by atoms with E-state index in [1.165, 1.54) is 12.3 Å². The number of aliphatic hydroxyl groups excluding tert-OH is 2. The maximum atomic E-state index is 12.9. The number of hydrogen-bond acceptors (Lipinski definition) is 5. The molecule has 1 aromatic heterocycles. The zero-order valence-electron chi connectivity index (χ0n) is 16.7. The number of halogens is 1. The van der Waals surface area contributed by atoms with Crippen LogP contribution in [-0.2, 0) is 4.74 Å². The van der Waals surface area contributed by atoms with Gasteiger partial charge in [-0.2, -0.15) is 4.39 Å². The molecule has 1 amide bonds. The molecular formula is C24H23FN2O4. The van der Waals surface area contributed by atoms with Crippen LogP contribution >= 0.6 is 0 Å². The molecule has 3 aromatic rings. The maximum absolute atomic E-state index is 12.9. The van der Waals surface area contributed by atoms with Gasteiger partial charge >= 0.3 is 6.09 Å². The molecule has 1 aliphatic rings. The van der Waals surface area contributed by atoms with Crippen molar-refractivity contribution in [3.63, 3.8) is 0 Å². The second-order valence-corrected chi connectivity index (χ2v) is 7.47. The molecule has 0 spiro atoms. The molecule has 2 aromatic carbocycles. The summed E-state index contributed by atoms with van der Waals surface area (Å²) in [5, 5.41) is 22.8. The number of fused-ring (bicyclic) bond motifs is 3. The highest BCUT2D eigenvalue weighted by Gasteiger charge is 2.29. The Kier molecular flexibility index (Phi) is 6.25. The molecule has 160 valence electrons. The molecule has 0 bridgehead atoms. The van der Waals surface area contributed by atoms with E-state index >= 15 is 0 Å². The van der Waals surface area contributed by atoms with E-state index in [0.29, 0.717) is 5.56 Å². The van der Waals surface area contributed by atoms with Gasteiger partial charge in [-0.1, -0.05) is 54.6 Å². The van der Waals surface area contributed by atoms with Crippen LogP contribution in [0.4, 0.5) is 9.18 Å². The van der Waals surface area contributed by atoms with Gasteiger partial charge in [-0.3, -0.25) is 0 Å². The molecule has 31 heavy (non-hydrogen) atoms. The van der Waals surface area contributed by atoms with Crippen LogP contribution in [0.15, 0.2) is 66.9 Å². The summed E-state index contributed by atoms with van der Waals surface area (Å²) in [6.45, 7) is 0.315. The molecule has 2 unspecified atom stereocenters. The van der Waals surface area contributed by atoms with Crippen LogP contribution in [0.1, 0.15) is 35.1 Å². The first kappa shape index (κ1) is 21.0. The molecule has 6 nitrogen and oxygen atoms in total. The van der Waals surface area contributed by atoms with Crippen LogP contribution in [0, 0.1) is 5.95 Å². The molecule has 0 radical (unpaired) electrons. The van der Waals surface area contributed by atoms with Crippen LogP contribution in [0.3, 0.4) is 0 Å². The largest absolute Gasteiger partial charge is 0.449 e. The lowest BCUT2D eigenvalue weighted by Crippen LogP contribution is -2.30. The molecule has 3 N–H and O–H groups in total.